The van der Waals surface area contributed by atoms with Crippen LogP contribution in [0.25, 0.3) is 0 Å². The van der Waals surface area contributed by atoms with E-state index in [4.69, 9.17) is 9.47 Å². The first kappa shape index (κ1) is 36.8. The lowest BCUT2D eigenvalue weighted by atomic mass is 9.60. The van der Waals surface area contributed by atoms with E-state index < -0.39 is 64.2 Å². The van der Waals surface area contributed by atoms with Gasteiger partial charge in [-0.3, -0.25) is 14.4 Å². The molecule has 14 atom stereocenters. The number of Topliss-reactive ketones (excluding diaryl/α,β-unsaturated/α-hetero) is 1. The van der Waals surface area contributed by atoms with E-state index in [1.807, 2.05) is 44.2 Å². The van der Waals surface area contributed by atoms with Gasteiger partial charge < -0.3 is 24.8 Å². The van der Waals surface area contributed by atoms with Crippen LogP contribution in [0.5, 0.6) is 0 Å². The second-order valence-corrected chi connectivity index (χ2v) is 16.8. The number of ketones is 1. The van der Waals surface area contributed by atoms with Gasteiger partial charge >= 0.3 is 11.9 Å². The summed E-state index contributed by atoms with van der Waals surface area (Å²) in [6, 6.07) is 0. The van der Waals surface area contributed by atoms with Gasteiger partial charge in [0.15, 0.2) is 5.78 Å². The fourth-order valence-electron chi connectivity index (χ4n) is 11.6. The molecular weight excluding hydrogens is 656 g/mol. The van der Waals surface area contributed by atoms with Crippen LogP contribution in [-0.4, -0.2) is 63.1 Å². The van der Waals surface area contributed by atoms with Crippen LogP contribution >= 0.6 is 0 Å². The number of carbonyl (C=O) groups is 3. The minimum Gasteiger partial charge on any atom is -0.465 e. The van der Waals surface area contributed by atoms with Crippen LogP contribution in [0.2, 0.25) is 0 Å². The van der Waals surface area contributed by atoms with Crippen LogP contribution in [-0.2, 0) is 23.9 Å². The molecule has 0 aromatic rings. The van der Waals surface area contributed by atoms with E-state index in [0.717, 1.165) is 12.8 Å². The van der Waals surface area contributed by atoms with E-state index in [1.54, 1.807) is 25.2 Å². The first-order valence-corrected chi connectivity index (χ1v) is 19.2. The van der Waals surface area contributed by atoms with Crippen LogP contribution in [0, 0.1) is 64.6 Å². The molecule has 8 nitrogen and oxygen atoms in total. The summed E-state index contributed by atoms with van der Waals surface area (Å²) in [6.45, 7) is 11.1. The highest BCUT2D eigenvalue weighted by molar-refractivity contribution is 6.04. The van der Waals surface area contributed by atoms with Crippen LogP contribution < -0.4 is 0 Å². The molecule has 6 aliphatic carbocycles. The van der Waals surface area contributed by atoms with Crippen molar-refractivity contribution in [2.45, 2.75) is 76.6 Å². The van der Waals surface area contributed by atoms with E-state index in [-0.39, 0.29) is 67.4 Å². The lowest BCUT2D eigenvalue weighted by Crippen LogP contribution is -2.61. The molecule has 7 aliphatic rings. The third-order valence-corrected chi connectivity index (χ3v) is 14.0. The molecule has 14 unspecified atom stereocenters. The smallest absolute Gasteiger partial charge is 0.310 e. The van der Waals surface area contributed by atoms with Gasteiger partial charge in [-0.1, -0.05) is 113 Å². The number of ether oxygens (including phenoxy) is 2. The average molecular weight is 711 g/mol. The number of fused-ring (bicyclic) bond motifs is 8. The van der Waals surface area contributed by atoms with E-state index in [1.165, 1.54) is 0 Å². The lowest BCUT2D eigenvalue weighted by molar-refractivity contribution is -0.190. The number of hydrogen-bond acceptors (Lipinski definition) is 8. The van der Waals surface area contributed by atoms with Gasteiger partial charge in [0, 0.05) is 29.6 Å². The summed E-state index contributed by atoms with van der Waals surface area (Å²) in [5.74, 6) is -3.89. The Bertz CT molecular complexity index is 1730. The molecule has 0 radical (unpaired) electrons. The summed E-state index contributed by atoms with van der Waals surface area (Å²) >= 11 is 0. The van der Waals surface area contributed by atoms with Gasteiger partial charge in [-0.2, -0.15) is 0 Å². The molecule has 0 bridgehead atoms. The first-order chi connectivity index (χ1) is 24.8. The van der Waals surface area contributed by atoms with Crippen LogP contribution in [0.3, 0.4) is 0 Å². The van der Waals surface area contributed by atoms with Crippen molar-refractivity contribution in [2.75, 3.05) is 13.2 Å². The Morgan fingerprint density at radius 1 is 1.02 bits per heavy atom. The van der Waals surface area contributed by atoms with Gasteiger partial charge in [0.2, 0.25) is 0 Å². The Labute approximate surface area is 307 Å². The third kappa shape index (κ3) is 5.38. The number of cyclic esters (lactones) is 1. The molecule has 4 saturated carbocycles. The summed E-state index contributed by atoms with van der Waals surface area (Å²) in [4.78, 5) is 41.5. The molecule has 278 valence electrons. The van der Waals surface area contributed by atoms with Gasteiger partial charge in [0.25, 0.3) is 0 Å². The van der Waals surface area contributed by atoms with Crippen LogP contribution in [0.15, 0.2) is 96.7 Å². The number of rotatable bonds is 8. The Morgan fingerprint density at radius 3 is 2.50 bits per heavy atom. The zero-order valence-corrected chi connectivity index (χ0v) is 30.8. The van der Waals surface area contributed by atoms with E-state index in [2.05, 4.69) is 43.9 Å². The largest absolute Gasteiger partial charge is 0.465 e. The molecule has 0 amide bonds. The highest BCUT2D eigenvalue weighted by Gasteiger charge is 2.86. The monoisotopic (exact) mass is 710 g/mol. The maximum atomic E-state index is 14.9. The molecule has 0 aromatic carbocycles. The van der Waals surface area contributed by atoms with Gasteiger partial charge in [0.05, 0.1) is 24.5 Å². The van der Waals surface area contributed by atoms with Gasteiger partial charge in [-0.25, -0.2) is 0 Å². The van der Waals surface area contributed by atoms with Crippen molar-refractivity contribution in [1.82, 2.24) is 0 Å². The quantitative estimate of drug-likeness (QED) is 0.161. The Balaban J connectivity index is 1.26. The van der Waals surface area contributed by atoms with E-state index in [9.17, 15) is 29.7 Å². The Kier molecular flexibility index (Phi) is 9.45. The average Bonchev–Trinajstić information content (AvgIpc) is 3.86. The molecule has 0 aromatic heterocycles. The first-order valence-electron chi connectivity index (χ1n) is 19.2. The number of unbranched alkanes of at least 4 members (excludes halogenated alkanes) is 1. The molecule has 1 spiro atoms. The number of aliphatic hydroxyl groups is 3. The van der Waals surface area contributed by atoms with Crippen LogP contribution in [0.1, 0.15) is 59.8 Å². The highest BCUT2D eigenvalue weighted by atomic mass is 16.6. The third-order valence-electron chi connectivity index (χ3n) is 14.0. The van der Waals surface area contributed by atoms with Crippen molar-refractivity contribution in [3.8, 4) is 0 Å². The molecule has 1 heterocycles. The van der Waals surface area contributed by atoms with Gasteiger partial charge in [0.1, 0.15) is 17.8 Å². The molecule has 7 rings (SSSR count). The molecular formula is C44H54O8. The molecule has 8 heteroatoms. The second kappa shape index (κ2) is 13.4. The number of carbonyl (C=O) groups excluding carboxylic acids is 3. The van der Waals surface area contributed by atoms with Gasteiger partial charge in [-0.15, -0.1) is 0 Å². The topological polar surface area (TPSA) is 130 Å². The highest BCUT2D eigenvalue weighted by Crippen LogP contribution is 2.77. The second-order valence-electron chi connectivity index (χ2n) is 16.8. The fourth-order valence-corrected chi connectivity index (χ4v) is 11.6. The number of hydrogen-bond donors (Lipinski definition) is 3. The van der Waals surface area contributed by atoms with Crippen molar-refractivity contribution < 1.29 is 39.2 Å². The van der Waals surface area contributed by atoms with Crippen LogP contribution in [0.4, 0.5) is 0 Å². The van der Waals surface area contributed by atoms with Crippen molar-refractivity contribution in [2.24, 2.45) is 64.6 Å². The number of aliphatic hydroxyl groups excluding tert-OH is 1. The summed E-state index contributed by atoms with van der Waals surface area (Å²) < 4.78 is 12.8. The fraction of sp³-hybridized carbons (Fsp3) is 0.568. The minimum absolute atomic E-state index is 0.0167. The molecule has 4 fully saturated rings. The zero-order valence-electron chi connectivity index (χ0n) is 30.8. The lowest BCUT2D eigenvalue weighted by Gasteiger charge is -2.50. The summed E-state index contributed by atoms with van der Waals surface area (Å²) in [5, 5.41) is 35.3. The Morgan fingerprint density at radius 2 is 1.77 bits per heavy atom. The van der Waals surface area contributed by atoms with Crippen molar-refractivity contribution >= 4 is 17.7 Å². The van der Waals surface area contributed by atoms with Crippen molar-refractivity contribution in [3.63, 3.8) is 0 Å². The Hall–Kier alpha value is -3.59. The maximum absolute atomic E-state index is 14.9. The van der Waals surface area contributed by atoms with E-state index in [0.29, 0.717) is 11.1 Å². The van der Waals surface area contributed by atoms with E-state index >= 15 is 0 Å². The molecule has 3 N–H and O–H groups in total. The minimum atomic E-state index is -1.90. The van der Waals surface area contributed by atoms with Crippen molar-refractivity contribution in [3.05, 3.63) is 96.7 Å². The van der Waals surface area contributed by atoms with Gasteiger partial charge in [-0.05, 0) is 66.4 Å². The standard InChI is InChI=1S/C44H54O8/c1-6-8-10-11-12-13-14-17-31-35-29(16-9-7-2)30-18-15-19-34(46)51-25-41(5)38-32-21-28(24-45)23-42(49)33(20-26(3)39(42)47)44(32,50)27(4)22-43(38,41)52-40(48)37(30)36(31)35/h7,9-18,20-21,27,29-33,35-38,45,49-50H,2,6,8,19,22-25H2,1,3-5H3/b11-10+,13-12+,16-9-,17-14+,18-15+. The number of esters is 2. The SMILES string of the molecule is C=C/C=C\C1C2/C=C/CC(=O)OCC3(C)C4C5C=C(CO)CC6(O)C(=O)C(C)=CC6C5(O)C(C)CC43OC(=O)C2C2C(/C=C/C=C/C=C/CCC)C12. The summed E-state index contributed by atoms with van der Waals surface area (Å²) in [6.07, 6.45) is 28.0. The summed E-state index contributed by atoms with van der Waals surface area (Å²) in [5.41, 5.74) is -4.60. The maximum Gasteiger partial charge on any atom is 0.310 e. The molecule has 52 heavy (non-hydrogen) atoms. The molecule has 1 aliphatic heterocycles. The normalized spacial score (nSPS) is 47.2. The molecule has 0 saturated heterocycles. The predicted molar refractivity (Wildman–Crippen MR) is 197 cm³/mol. The van der Waals surface area contributed by atoms with Crippen molar-refractivity contribution in [1.29, 1.82) is 0 Å². The zero-order chi connectivity index (χ0) is 37.2. The summed E-state index contributed by atoms with van der Waals surface area (Å²) in [7, 11) is 0. The number of allylic oxidation sites excluding steroid dienone is 10. The predicted octanol–water partition coefficient (Wildman–Crippen LogP) is 5.93.